The summed E-state index contributed by atoms with van der Waals surface area (Å²) >= 11 is 0. The fourth-order valence-electron chi connectivity index (χ4n) is 2.95. The van der Waals surface area contributed by atoms with E-state index in [1.807, 2.05) is 60.7 Å². The minimum Gasteiger partial charge on any atom is -0.493 e. The van der Waals surface area contributed by atoms with Gasteiger partial charge in [-0.25, -0.2) is 0 Å². The maximum atomic E-state index is 12.6. The van der Waals surface area contributed by atoms with Crippen LogP contribution < -0.4 is 19.5 Å². The first-order valence-corrected chi connectivity index (χ1v) is 9.46. The monoisotopic (exact) mass is 391 g/mol. The number of nitrogens with one attached hydrogen (secondary N) is 1. The summed E-state index contributed by atoms with van der Waals surface area (Å²) in [6, 6.07) is 23.2. The van der Waals surface area contributed by atoms with Gasteiger partial charge in [0, 0.05) is 12.1 Å². The number of carbonyl (C=O) groups excluding carboxylic acids is 1. The lowest BCUT2D eigenvalue weighted by Gasteiger charge is -2.16. The summed E-state index contributed by atoms with van der Waals surface area (Å²) in [7, 11) is 3.09. The highest BCUT2D eigenvalue weighted by Crippen LogP contribution is 2.39. The predicted octanol–water partition coefficient (Wildman–Crippen LogP) is 4.26. The van der Waals surface area contributed by atoms with E-state index in [-0.39, 0.29) is 5.91 Å². The normalized spacial score (nSPS) is 10.3. The van der Waals surface area contributed by atoms with Crippen LogP contribution in [0.1, 0.15) is 21.5 Å². The van der Waals surface area contributed by atoms with Crippen molar-refractivity contribution >= 4 is 5.91 Å². The Morgan fingerprint density at radius 3 is 1.93 bits per heavy atom. The van der Waals surface area contributed by atoms with Gasteiger partial charge in [0.1, 0.15) is 6.61 Å². The molecule has 0 aromatic heterocycles. The fourth-order valence-corrected chi connectivity index (χ4v) is 2.95. The quantitative estimate of drug-likeness (QED) is 0.592. The number of methoxy groups -OCH3 is 2. The lowest BCUT2D eigenvalue weighted by Crippen LogP contribution is -2.25. The molecule has 150 valence electrons. The second-order valence-electron chi connectivity index (χ2n) is 6.48. The van der Waals surface area contributed by atoms with Gasteiger partial charge in [0.2, 0.25) is 5.75 Å². The van der Waals surface area contributed by atoms with E-state index in [1.54, 1.807) is 26.4 Å². The Morgan fingerprint density at radius 2 is 1.38 bits per heavy atom. The van der Waals surface area contributed by atoms with Gasteiger partial charge in [-0.2, -0.15) is 0 Å². The molecule has 0 saturated carbocycles. The van der Waals surface area contributed by atoms with E-state index >= 15 is 0 Å². The van der Waals surface area contributed by atoms with Crippen LogP contribution in [0.15, 0.2) is 72.8 Å². The summed E-state index contributed by atoms with van der Waals surface area (Å²) in [6.45, 7) is 0.913. The third-order valence-electron chi connectivity index (χ3n) is 4.49. The van der Waals surface area contributed by atoms with Gasteiger partial charge in [-0.05, 0) is 29.7 Å². The topological polar surface area (TPSA) is 56.8 Å². The maximum Gasteiger partial charge on any atom is 0.251 e. The molecule has 3 rings (SSSR count). The van der Waals surface area contributed by atoms with Crippen molar-refractivity contribution in [2.75, 3.05) is 20.8 Å². The van der Waals surface area contributed by atoms with Gasteiger partial charge in [-0.3, -0.25) is 4.79 Å². The molecule has 0 atom stereocenters. The van der Waals surface area contributed by atoms with Crippen LogP contribution in [0, 0.1) is 0 Å². The molecule has 5 nitrogen and oxygen atoms in total. The van der Waals surface area contributed by atoms with Gasteiger partial charge < -0.3 is 19.5 Å². The molecule has 0 radical (unpaired) electrons. The zero-order valence-electron chi connectivity index (χ0n) is 16.7. The lowest BCUT2D eigenvalue weighted by molar-refractivity contribution is 0.0953. The highest BCUT2D eigenvalue weighted by molar-refractivity contribution is 5.95. The van der Waals surface area contributed by atoms with Crippen molar-refractivity contribution in [3.63, 3.8) is 0 Å². The maximum absolute atomic E-state index is 12.6. The van der Waals surface area contributed by atoms with Crippen LogP contribution >= 0.6 is 0 Å². The number of ether oxygens (including phenoxy) is 3. The molecule has 3 aromatic rings. The van der Waals surface area contributed by atoms with Gasteiger partial charge in [0.25, 0.3) is 5.91 Å². The van der Waals surface area contributed by atoms with Crippen LogP contribution in [0.25, 0.3) is 0 Å². The Labute approximate surface area is 171 Å². The zero-order chi connectivity index (χ0) is 20.5. The van der Waals surface area contributed by atoms with Crippen LogP contribution in [0.3, 0.4) is 0 Å². The van der Waals surface area contributed by atoms with E-state index in [4.69, 9.17) is 14.2 Å². The molecule has 1 amide bonds. The van der Waals surface area contributed by atoms with Crippen molar-refractivity contribution in [3.8, 4) is 17.2 Å². The number of amides is 1. The minimum absolute atomic E-state index is 0.188. The molecule has 0 spiro atoms. The van der Waals surface area contributed by atoms with Gasteiger partial charge >= 0.3 is 0 Å². The SMILES string of the molecule is COc1cc(C(=O)NCCc2ccccc2)cc(OC)c1OCc1ccccc1. The Bertz CT molecular complexity index is 901. The first-order chi connectivity index (χ1) is 14.2. The molecule has 3 aromatic carbocycles. The van der Waals surface area contributed by atoms with Gasteiger partial charge in [0.05, 0.1) is 14.2 Å². The lowest BCUT2D eigenvalue weighted by atomic mass is 10.1. The molecule has 0 saturated heterocycles. The van der Waals surface area contributed by atoms with Crippen LogP contribution in [0.4, 0.5) is 0 Å². The number of rotatable bonds is 9. The molecule has 0 heterocycles. The summed E-state index contributed by atoms with van der Waals surface area (Å²) < 4.78 is 16.8. The third-order valence-corrected chi connectivity index (χ3v) is 4.49. The van der Waals surface area contributed by atoms with Crippen LogP contribution in [0.2, 0.25) is 0 Å². The van der Waals surface area contributed by atoms with E-state index in [2.05, 4.69) is 5.32 Å². The first kappa shape index (κ1) is 20.3. The van der Waals surface area contributed by atoms with Crippen molar-refractivity contribution in [2.45, 2.75) is 13.0 Å². The van der Waals surface area contributed by atoms with Gasteiger partial charge in [-0.1, -0.05) is 60.7 Å². The molecule has 0 aliphatic carbocycles. The van der Waals surface area contributed by atoms with E-state index in [1.165, 1.54) is 5.56 Å². The average Bonchev–Trinajstić information content (AvgIpc) is 2.78. The Hall–Kier alpha value is -3.47. The van der Waals surface area contributed by atoms with Crippen molar-refractivity contribution in [1.82, 2.24) is 5.32 Å². The summed E-state index contributed by atoms with van der Waals surface area (Å²) in [5.41, 5.74) is 2.66. The number of carbonyl (C=O) groups is 1. The molecule has 5 heteroatoms. The number of benzene rings is 3. The Balaban J connectivity index is 1.70. The molecule has 0 unspecified atom stereocenters. The molecule has 1 N–H and O–H groups in total. The highest BCUT2D eigenvalue weighted by atomic mass is 16.5. The Morgan fingerprint density at radius 1 is 0.828 bits per heavy atom. The van der Waals surface area contributed by atoms with Gasteiger partial charge in [-0.15, -0.1) is 0 Å². The van der Waals surface area contributed by atoms with Crippen LogP contribution in [0.5, 0.6) is 17.2 Å². The Kier molecular flexibility index (Phi) is 7.11. The predicted molar refractivity (Wildman–Crippen MR) is 113 cm³/mol. The minimum atomic E-state index is -0.188. The van der Waals surface area contributed by atoms with E-state index < -0.39 is 0 Å². The first-order valence-electron chi connectivity index (χ1n) is 9.46. The van der Waals surface area contributed by atoms with E-state index in [0.717, 1.165) is 12.0 Å². The highest BCUT2D eigenvalue weighted by Gasteiger charge is 2.17. The average molecular weight is 391 g/mol. The molecular formula is C24H25NO4. The molecule has 0 bridgehead atoms. The molecular weight excluding hydrogens is 366 g/mol. The van der Waals surface area contributed by atoms with E-state index in [0.29, 0.717) is 36.0 Å². The summed E-state index contributed by atoms with van der Waals surface area (Å²) in [6.07, 6.45) is 0.763. The molecule has 0 aliphatic heterocycles. The molecule has 0 fully saturated rings. The number of hydrogen-bond donors (Lipinski definition) is 1. The summed E-state index contributed by atoms with van der Waals surface area (Å²) in [4.78, 5) is 12.6. The van der Waals surface area contributed by atoms with Crippen LogP contribution in [-0.4, -0.2) is 26.7 Å². The molecule has 29 heavy (non-hydrogen) atoms. The number of hydrogen-bond acceptors (Lipinski definition) is 4. The standard InChI is InChI=1S/C24H25NO4/c1-27-21-15-20(24(26)25-14-13-18-9-5-3-6-10-18)16-22(28-2)23(21)29-17-19-11-7-4-8-12-19/h3-12,15-16H,13-14,17H2,1-2H3,(H,25,26). The van der Waals surface area contributed by atoms with Crippen molar-refractivity contribution in [3.05, 3.63) is 89.5 Å². The van der Waals surface area contributed by atoms with Crippen molar-refractivity contribution in [1.29, 1.82) is 0 Å². The second kappa shape index (κ2) is 10.2. The largest absolute Gasteiger partial charge is 0.493 e. The zero-order valence-corrected chi connectivity index (χ0v) is 16.7. The summed E-state index contributed by atoms with van der Waals surface area (Å²) in [5, 5.41) is 2.94. The summed E-state index contributed by atoms with van der Waals surface area (Å²) in [5.74, 6) is 1.19. The van der Waals surface area contributed by atoms with Crippen molar-refractivity contribution < 1.29 is 19.0 Å². The smallest absolute Gasteiger partial charge is 0.251 e. The van der Waals surface area contributed by atoms with Crippen LogP contribution in [-0.2, 0) is 13.0 Å². The third kappa shape index (κ3) is 5.51. The van der Waals surface area contributed by atoms with Crippen molar-refractivity contribution in [2.24, 2.45) is 0 Å². The molecule has 0 aliphatic rings. The van der Waals surface area contributed by atoms with Gasteiger partial charge in [0.15, 0.2) is 11.5 Å². The van der Waals surface area contributed by atoms with E-state index in [9.17, 15) is 4.79 Å². The fraction of sp³-hybridized carbons (Fsp3) is 0.208. The second-order valence-corrected chi connectivity index (χ2v) is 6.48.